The average molecular weight is 542 g/mol. The van der Waals surface area contributed by atoms with Crippen LogP contribution in [-0.2, 0) is 20.5 Å². The van der Waals surface area contributed by atoms with Gasteiger partial charge in [0.25, 0.3) is 0 Å². The number of rotatable bonds is 10. The van der Waals surface area contributed by atoms with E-state index in [9.17, 15) is 9.00 Å². The average Bonchev–Trinajstić information content (AvgIpc) is 3.04. The van der Waals surface area contributed by atoms with Crippen LogP contribution in [0.15, 0.2) is 17.0 Å². The van der Waals surface area contributed by atoms with Crippen LogP contribution in [0.5, 0.6) is 5.75 Å². The van der Waals surface area contributed by atoms with Crippen molar-refractivity contribution < 1.29 is 24.0 Å². The summed E-state index contributed by atoms with van der Waals surface area (Å²) in [6.45, 7) is 16.1. The molecule has 1 amide bonds. The molecule has 1 aliphatic heterocycles. The van der Waals surface area contributed by atoms with E-state index in [0.717, 1.165) is 33.6 Å². The fraction of sp³-hybridized carbons (Fsp3) is 0.750. The fourth-order valence-electron chi connectivity index (χ4n) is 4.82. The first-order valence-corrected chi connectivity index (χ1v) is 14.3. The van der Waals surface area contributed by atoms with Gasteiger partial charge in [0.2, 0.25) is 5.91 Å². The second-order valence-electron chi connectivity index (χ2n) is 11.2. The Morgan fingerprint density at radius 1 is 1.14 bits per heavy atom. The minimum absolute atomic E-state index is 0. The minimum atomic E-state index is -1.28. The summed E-state index contributed by atoms with van der Waals surface area (Å²) >= 11 is 0. The number of likely N-dealkylation sites (tertiary alicyclic amines) is 1. The van der Waals surface area contributed by atoms with Crippen molar-refractivity contribution in [2.24, 2.45) is 17.3 Å². The third-order valence-electron chi connectivity index (χ3n) is 8.10. The van der Waals surface area contributed by atoms with E-state index in [0.29, 0.717) is 18.6 Å². The molecule has 1 unspecified atom stereocenters. The Morgan fingerprint density at radius 2 is 1.73 bits per heavy atom. The summed E-state index contributed by atoms with van der Waals surface area (Å²) < 4.78 is 24.9. The van der Waals surface area contributed by atoms with E-state index >= 15 is 0 Å². The van der Waals surface area contributed by atoms with Crippen molar-refractivity contribution in [2.75, 3.05) is 67.6 Å². The molecule has 1 heterocycles. The third kappa shape index (κ3) is 9.32. The molecule has 0 bridgehead atoms. The van der Waals surface area contributed by atoms with Crippen LogP contribution in [-0.4, -0.2) is 97.3 Å². The van der Waals surface area contributed by atoms with Crippen LogP contribution in [0.3, 0.4) is 0 Å². The third-order valence-corrected chi connectivity index (χ3v) is 9.84. The lowest BCUT2D eigenvalue weighted by Crippen LogP contribution is -2.43. The molecule has 37 heavy (non-hydrogen) atoms. The highest BCUT2D eigenvalue weighted by Crippen LogP contribution is 2.47. The SMILES string of the molecule is COc1cc(C)c(S(=O)N(C)CCOCC(=O)N(C)C)c(C)c1.C[C@H]1CC[C@H](CN2CCC2)C1(C)C.O. The van der Waals surface area contributed by atoms with E-state index in [2.05, 4.69) is 25.7 Å². The van der Waals surface area contributed by atoms with Crippen molar-refractivity contribution in [1.29, 1.82) is 0 Å². The Balaban J connectivity index is 0.000000412. The number of methoxy groups -OCH3 is 1. The van der Waals surface area contributed by atoms with E-state index in [4.69, 9.17) is 9.47 Å². The monoisotopic (exact) mass is 541 g/mol. The number of nitrogens with zero attached hydrogens (tertiary/aromatic N) is 3. The molecule has 1 saturated heterocycles. The van der Waals surface area contributed by atoms with Gasteiger partial charge >= 0.3 is 0 Å². The number of carbonyl (C=O) groups is 1. The molecule has 0 radical (unpaired) electrons. The van der Waals surface area contributed by atoms with Gasteiger partial charge in [-0.1, -0.05) is 20.8 Å². The lowest BCUT2D eigenvalue weighted by Gasteiger charge is -2.38. The number of ether oxygens (including phenoxy) is 2. The fourth-order valence-corrected chi connectivity index (χ4v) is 6.05. The Morgan fingerprint density at radius 3 is 2.16 bits per heavy atom. The molecule has 3 atom stereocenters. The normalized spacial score (nSPS) is 21.4. The first-order valence-electron chi connectivity index (χ1n) is 13.2. The molecule has 3 rings (SSSR count). The predicted molar refractivity (Wildman–Crippen MR) is 151 cm³/mol. The van der Waals surface area contributed by atoms with E-state index < -0.39 is 11.0 Å². The van der Waals surface area contributed by atoms with Crippen LogP contribution < -0.4 is 4.74 Å². The van der Waals surface area contributed by atoms with Gasteiger partial charge in [0, 0.05) is 34.2 Å². The highest BCUT2D eigenvalue weighted by atomic mass is 32.2. The maximum absolute atomic E-state index is 12.7. The number of aryl methyl sites for hydroxylation is 2. The maximum atomic E-state index is 12.7. The van der Waals surface area contributed by atoms with Crippen molar-refractivity contribution in [3.8, 4) is 5.75 Å². The lowest BCUT2D eigenvalue weighted by atomic mass is 9.76. The predicted octanol–water partition coefficient (Wildman–Crippen LogP) is 3.31. The topological polar surface area (TPSA) is 93.8 Å². The number of amides is 1. The van der Waals surface area contributed by atoms with E-state index in [1.165, 1.54) is 43.8 Å². The van der Waals surface area contributed by atoms with Crippen molar-refractivity contribution in [3.63, 3.8) is 0 Å². The van der Waals surface area contributed by atoms with E-state index in [-0.39, 0.29) is 18.0 Å². The molecule has 1 aromatic carbocycles. The van der Waals surface area contributed by atoms with Gasteiger partial charge in [0.15, 0.2) is 0 Å². The van der Waals surface area contributed by atoms with Crippen molar-refractivity contribution in [3.05, 3.63) is 23.3 Å². The van der Waals surface area contributed by atoms with Gasteiger partial charge < -0.3 is 24.7 Å². The zero-order valence-electron chi connectivity index (χ0n) is 24.6. The molecular weight excluding hydrogens is 490 g/mol. The van der Waals surface area contributed by atoms with Crippen molar-refractivity contribution in [2.45, 2.75) is 58.8 Å². The van der Waals surface area contributed by atoms with Gasteiger partial charge in [-0.15, -0.1) is 0 Å². The summed E-state index contributed by atoms with van der Waals surface area (Å²) in [7, 11) is 5.47. The second-order valence-corrected chi connectivity index (χ2v) is 12.7. The standard InChI is InChI=1S/C16H26N2O4S.C12H23N.H2O/c1-12-9-14(21-6)10-13(2)16(12)23(20)18(5)7-8-22-11-15(19)17(3)4;1-10-5-6-11(12(10,2)3)9-13-7-4-8-13;/h9-10H,7-8,11H2,1-6H3;10-11H,4-9H2,1-3H3;1H2/t;10-,11+;/m.0./s1. The summed E-state index contributed by atoms with van der Waals surface area (Å²) in [4.78, 5) is 16.3. The first-order chi connectivity index (χ1) is 16.9. The number of hydrogen-bond acceptors (Lipinski definition) is 5. The number of likely N-dealkylation sites (N-methyl/N-ethyl adjacent to an activating group) is 2. The molecule has 2 N–H and O–H groups in total. The van der Waals surface area contributed by atoms with Crippen LogP contribution in [0.4, 0.5) is 0 Å². The Bertz CT molecular complexity index is 866. The molecule has 1 aliphatic carbocycles. The smallest absolute Gasteiger partial charge is 0.248 e. The molecular formula is C28H51N3O5S. The number of hydrogen-bond donors (Lipinski definition) is 0. The maximum Gasteiger partial charge on any atom is 0.248 e. The van der Waals surface area contributed by atoms with E-state index in [1.54, 1.807) is 32.6 Å². The van der Waals surface area contributed by atoms with Crippen LogP contribution in [0, 0.1) is 31.1 Å². The summed E-state index contributed by atoms with van der Waals surface area (Å²) in [5.41, 5.74) is 2.45. The number of benzene rings is 1. The highest BCUT2D eigenvalue weighted by Gasteiger charge is 2.41. The lowest BCUT2D eigenvalue weighted by molar-refractivity contribution is -0.133. The molecule has 0 aromatic heterocycles. The summed E-state index contributed by atoms with van der Waals surface area (Å²) in [5, 5.41) is 0. The zero-order valence-corrected chi connectivity index (χ0v) is 25.4. The van der Waals surface area contributed by atoms with Gasteiger partial charge in [-0.05, 0) is 86.7 Å². The number of carbonyl (C=O) groups excluding carboxylic acids is 1. The van der Waals surface area contributed by atoms with Crippen molar-refractivity contribution in [1.82, 2.24) is 14.1 Å². The van der Waals surface area contributed by atoms with Gasteiger partial charge in [-0.3, -0.25) is 4.79 Å². The molecule has 214 valence electrons. The van der Waals surface area contributed by atoms with Gasteiger partial charge in [-0.25, -0.2) is 8.51 Å². The molecule has 0 spiro atoms. The summed E-state index contributed by atoms with van der Waals surface area (Å²) in [6.07, 6.45) is 4.35. The quantitative estimate of drug-likeness (QED) is 0.424. The highest BCUT2D eigenvalue weighted by molar-refractivity contribution is 7.82. The van der Waals surface area contributed by atoms with E-state index in [1.807, 2.05) is 26.0 Å². The summed E-state index contributed by atoms with van der Waals surface area (Å²) in [5.74, 6) is 2.56. The second kappa shape index (κ2) is 15.2. The minimum Gasteiger partial charge on any atom is -0.497 e. The molecule has 2 fully saturated rings. The molecule has 1 saturated carbocycles. The molecule has 1 aromatic rings. The van der Waals surface area contributed by atoms with Crippen molar-refractivity contribution >= 4 is 16.9 Å². The molecule has 9 heteroatoms. The van der Waals surface area contributed by atoms with Gasteiger partial charge in [0.05, 0.1) is 18.6 Å². The van der Waals surface area contributed by atoms with Crippen LogP contribution in [0.25, 0.3) is 0 Å². The largest absolute Gasteiger partial charge is 0.497 e. The van der Waals surface area contributed by atoms with Gasteiger partial charge in [0.1, 0.15) is 23.3 Å². The molecule has 2 aliphatic rings. The summed E-state index contributed by atoms with van der Waals surface area (Å²) in [6, 6.07) is 3.75. The zero-order chi connectivity index (χ0) is 27.0. The van der Waals surface area contributed by atoms with Crippen LogP contribution >= 0.6 is 0 Å². The molecule has 8 nitrogen and oxygen atoms in total. The van der Waals surface area contributed by atoms with Crippen LogP contribution in [0.1, 0.15) is 51.2 Å². The van der Waals surface area contributed by atoms with Crippen LogP contribution in [0.2, 0.25) is 0 Å². The first kappa shape index (κ1) is 33.5. The Labute approximate surface area is 227 Å². The Kier molecular flexibility index (Phi) is 13.7. The van der Waals surface area contributed by atoms with Gasteiger partial charge in [-0.2, -0.15) is 0 Å². The Hall–Kier alpha value is -1.52.